The number of pyridine rings is 1. The van der Waals surface area contributed by atoms with E-state index in [0.29, 0.717) is 43.3 Å². The van der Waals surface area contributed by atoms with Crippen molar-refractivity contribution < 1.29 is 14.3 Å². The summed E-state index contributed by atoms with van der Waals surface area (Å²) >= 11 is 1.45. The van der Waals surface area contributed by atoms with Crippen molar-refractivity contribution in [2.24, 2.45) is 0 Å². The van der Waals surface area contributed by atoms with Gasteiger partial charge in [0.05, 0.1) is 10.2 Å². The summed E-state index contributed by atoms with van der Waals surface area (Å²) in [6, 6.07) is 7.20. The number of nitrogens with zero attached hydrogens (tertiary/aromatic N) is 4. The molecule has 1 aliphatic heterocycles. The summed E-state index contributed by atoms with van der Waals surface area (Å²) in [5.74, 6) is -0.119. The number of hydrogen-bond acceptors (Lipinski definition) is 6. The Morgan fingerprint density at radius 2 is 2.07 bits per heavy atom. The van der Waals surface area contributed by atoms with Gasteiger partial charge in [-0.05, 0) is 42.7 Å². The molecular weight excluding hydrogens is 393 g/mol. The number of rotatable bonds is 4. The lowest BCUT2D eigenvalue weighted by Crippen LogP contribution is -2.50. The summed E-state index contributed by atoms with van der Waals surface area (Å²) in [4.78, 5) is 24.8. The maximum absolute atomic E-state index is 14.3. The number of carbonyl (C=O) groups is 1. The van der Waals surface area contributed by atoms with Crippen LogP contribution in [0, 0.1) is 12.7 Å². The average molecular weight is 415 g/mol. The molecule has 1 aromatic carbocycles. The third kappa shape index (κ3) is 4.30. The summed E-state index contributed by atoms with van der Waals surface area (Å²) < 4.78 is 15.4. The van der Waals surface area contributed by atoms with Crippen LogP contribution in [0.5, 0.6) is 0 Å². The number of hydrogen-bond donors (Lipinski definition) is 2. The molecule has 0 spiro atoms. The predicted molar refractivity (Wildman–Crippen MR) is 112 cm³/mol. The van der Waals surface area contributed by atoms with Gasteiger partial charge in [-0.1, -0.05) is 17.4 Å². The number of anilines is 2. The number of thiazole rings is 1. The molecule has 7 nitrogen and oxygen atoms in total. The van der Waals surface area contributed by atoms with Crippen molar-refractivity contribution in [3.8, 4) is 0 Å². The highest BCUT2D eigenvalue weighted by Crippen LogP contribution is 2.27. The number of aliphatic hydroxyl groups is 1. The van der Waals surface area contributed by atoms with Crippen LogP contribution < -0.4 is 10.2 Å². The van der Waals surface area contributed by atoms with Gasteiger partial charge in [0.2, 0.25) is 0 Å². The van der Waals surface area contributed by atoms with Gasteiger partial charge in [-0.3, -0.25) is 5.32 Å². The fourth-order valence-electron chi connectivity index (χ4n) is 3.35. The van der Waals surface area contributed by atoms with Crippen molar-refractivity contribution in [1.29, 1.82) is 0 Å². The van der Waals surface area contributed by atoms with Crippen molar-refractivity contribution in [2.75, 3.05) is 43.0 Å². The van der Waals surface area contributed by atoms with Crippen LogP contribution in [-0.2, 0) is 6.42 Å². The lowest BCUT2D eigenvalue weighted by Gasteiger charge is -2.35. The highest BCUT2D eigenvalue weighted by Gasteiger charge is 2.24. The van der Waals surface area contributed by atoms with Crippen molar-refractivity contribution in [3.05, 3.63) is 47.4 Å². The van der Waals surface area contributed by atoms with Crippen LogP contribution in [0.25, 0.3) is 10.2 Å². The van der Waals surface area contributed by atoms with Crippen LogP contribution in [0.1, 0.15) is 11.1 Å². The first-order valence-electron chi connectivity index (χ1n) is 9.47. The second-order valence-corrected chi connectivity index (χ2v) is 8.05. The lowest BCUT2D eigenvalue weighted by atomic mass is 10.2. The highest BCUT2D eigenvalue weighted by atomic mass is 32.1. The van der Waals surface area contributed by atoms with E-state index in [1.165, 1.54) is 17.4 Å². The minimum Gasteiger partial charge on any atom is -0.396 e. The van der Waals surface area contributed by atoms with E-state index < -0.39 is 5.82 Å². The highest BCUT2D eigenvalue weighted by molar-refractivity contribution is 7.22. The van der Waals surface area contributed by atoms with Crippen LogP contribution in [-0.4, -0.2) is 58.8 Å². The molecule has 0 bridgehead atoms. The Bertz CT molecular complexity index is 1030. The minimum absolute atomic E-state index is 0.0392. The fourth-order valence-corrected chi connectivity index (χ4v) is 4.30. The molecule has 0 radical (unpaired) electrons. The molecule has 0 saturated carbocycles. The molecule has 2 amide bonds. The van der Waals surface area contributed by atoms with Crippen LogP contribution >= 0.6 is 11.3 Å². The van der Waals surface area contributed by atoms with Gasteiger partial charge in [0.25, 0.3) is 0 Å². The average Bonchev–Trinajstić information content (AvgIpc) is 3.10. The number of urea groups is 1. The van der Waals surface area contributed by atoms with E-state index in [0.717, 1.165) is 15.8 Å². The Hall–Kier alpha value is -2.78. The number of halogens is 1. The zero-order valence-electron chi connectivity index (χ0n) is 16.1. The smallest absolute Gasteiger partial charge is 0.323 e. The first kappa shape index (κ1) is 19.5. The van der Waals surface area contributed by atoms with Gasteiger partial charge in [-0.25, -0.2) is 19.2 Å². The van der Waals surface area contributed by atoms with Crippen LogP contribution in [0.4, 0.5) is 20.1 Å². The predicted octanol–water partition coefficient (Wildman–Crippen LogP) is 3.03. The Labute approximate surface area is 171 Å². The topological polar surface area (TPSA) is 81.6 Å². The molecule has 1 saturated heterocycles. The number of fused-ring (bicyclic) bond motifs is 1. The van der Waals surface area contributed by atoms with Crippen LogP contribution in [0.15, 0.2) is 30.5 Å². The van der Waals surface area contributed by atoms with E-state index in [1.54, 1.807) is 11.1 Å². The third-order valence-corrected chi connectivity index (χ3v) is 5.84. The van der Waals surface area contributed by atoms with E-state index in [-0.39, 0.29) is 18.5 Å². The summed E-state index contributed by atoms with van der Waals surface area (Å²) in [6.07, 6.45) is 1.96. The maximum atomic E-state index is 14.3. The zero-order chi connectivity index (χ0) is 20.4. The Kier molecular flexibility index (Phi) is 5.59. The van der Waals surface area contributed by atoms with Gasteiger partial charge in [0.1, 0.15) is 0 Å². The monoisotopic (exact) mass is 415 g/mol. The summed E-state index contributed by atoms with van der Waals surface area (Å²) in [5.41, 5.74) is 2.69. The first-order chi connectivity index (χ1) is 14.0. The number of aryl methyl sites for hydroxylation is 1. The Morgan fingerprint density at radius 1 is 1.28 bits per heavy atom. The van der Waals surface area contributed by atoms with E-state index in [1.807, 2.05) is 24.0 Å². The summed E-state index contributed by atoms with van der Waals surface area (Å²) in [5, 5.41) is 12.4. The zero-order valence-corrected chi connectivity index (χ0v) is 16.9. The first-order valence-corrected chi connectivity index (χ1v) is 10.3. The summed E-state index contributed by atoms with van der Waals surface area (Å²) in [7, 11) is 0. The Morgan fingerprint density at radius 3 is 2.79 bits per heavy atom. The molecule has 0 atom stereocenters. The SMILES string of the molecule is Cc1ccc2nc(NC(=O)N3CCN(c4ncc(CCO)cc4F)CC3)sc2c1. The number of carbonyl (C=O) groups excluding carboxylic acids is 1. The maximum Gasteiger partial charge on any atom is 0.323 e. The molecule has 152 valence electrons. The Balaban J connectivity index is 1.36. The second-order valence-electron chi connectivity index (χ2n) is 7.02. The molecule has 0 unspecified atom stereocenters. The molecule has 2 aromatic heterocycles. The lowest BCUT2D eigenvalue weighted by molar-refractivity contribution is 0.208. The molecule has 1 fully saturated rings. The van der Waals surface area contributed by atoms with E-state index in [9.17, 15) is 9.18 Å². The van der Waals surface area contributed by atoms with Crippen molar-refractivity contribution >= 4 is 38.5 Å². The van der Waals surface area contributed by atoms with Gasteiger partial charge >= 0.3 is 6.03 Å². The van der Waals surface area contributed by atoms with Crippen molar-refractivity contribution in [2.45, 2.75) is 13.3 Å². The number of amides is 2. The molecule has 3 aromatic rings. The van der Waals surface area contributed by atoms with Crippen molar-refractivity contribution in [3.63, 3.8) is 0 Å². The molecule has 2 N–H and O–H groups in total. The third-order valence-electron chi connectivity index (χ3n) is 4.90. The normalized spacial score (nSPS) is 14.4. The second kappa shape index (κ2) is 8.30. The standard InChI is InChI=1S/C20H22FN5O2S/c1-13-2-3-16-17(10-13)29-19(23-16)24-20(28)26-7-5-25(6-8-26)18-15(21)11-14(4-9-27)12-22-18/h2-3,10-12,27H,4-9H2,1H3,(H,23,24,28). The quantitative estimate of drug-likeness (QED) is 0.685. The largest absolute Gasteiger partial charge is 0.396 e. The molecule has 4 rings (SSSR count). The molecule has 9 heteroatoms. The van der Waals surface area contributed by atoms with E-state index in [2.05, 4.69) is 21.4 Å². The van der Waals surface area contributed by atoms with Gasteiger partial charge in [0, 0.05) is 39.0 Å². The van der Waals surface area contributed by atoms with E-state index >= 15 is 0 Å². The molecular formula is C20H22FN5O2S. The summed E-state index contributed by atoms with van der Waals surface area (Å²) in [6.45, 7) is 3.91. The molecule has 3 heterocycles. The van der Waals surface area contributed by atoms with Gasteiger partial charge < -0.3 is 14.9 Å². The molecule has 1 aliphatic rings. The minimum atomic E-state index is -0.404. The van der Waals surface area contributed by atoms with Crippen LogP contribution in [0.2, 0.25) is 0 Å². The molecule has 29 heavy (non-hydrogen) atoms. The van der Waals surface area contributed by atoms with Gasteiger partial charge in [-0.2, -0.15) is 0 Å². The van der Waals surface area contributed by atoms with Crippen molar-refractivity contribution in [1.82, 2.24) is 14.9 Å². The number of piperazine rings is 1. The fraction of sp³-hybridized carbons (Fsp3) is 0.350. The number of aromatic nitrogens is 2. The van der Waals surface area contributed by atoms with Gasteiger partial charge in [0.15, 0.2) is 16.8 Å². The number of aliphatic hydroxyl groups excluding tert-OH is 1. The van der Waals surface area contributed by atoms with Gasteiger partial charge in [-0.15, -0.1) is 0 Å². The molecule has 0 aliphatic carbocycles. The number of nitrogens with one attached hydrogen (secondary N) is 1. The number of benzene rings is 1. The van der Waals surface area contributed by atoms with E-state index in [4.69, 9.17) is 5.11 Å². The van der Waals surface area contributed by atoms with Crippen LogP contribution in [0.3, 0.4) is 0 Å².